The molecule has 0 aliphatic carbocycles. The molecule has 3 saturated heterocycles. The van der Waals surface area contributed by atoms with Crippen LogP contribution in [0.5, 0.6) is 5.75 Å². The molecule has 4 rings (SSSR count). The molecular formula is C24H35N5O4. The summed E-state index contributed by atoms with van der Waals surface area (Å²) in [5.41, 5.74) is 0.959. The van der Waals surface area contributed by atoms with E-state index in [4.69, 9.17) is 4.74 Å². The number of rotatable bonds is 7. The van der Waals surface area contributed by atoms with E-state index in [1.54, 1.807) is 18.2 Å². The Labute approximate surface area is 195 Å². The predicted octanol–water partition coefficient (Wildman–Crippen LogP) is 1.58. The summed E-state index contributed by atoms with van der Waals surface area (Å²) in [6.07, 6.45) is 4.95. The van der Waals surface area contributed by atoms with Gasteiger partial charge in [0.1, 0.15) is 5.75 Å². The van der Waals surface area contributed by atoms with Gasteiger partial charge in [0.25, 0.3) is 5.91 Å². The van der Waals surface area contributed by atoms with E-state index >= 15 is 0 Å². The molecule has 3 fully saturated rings. The number of ether oxygens (including phenoxy) is 1. The Balaban J connectivity index is 1.29. The van der Waals surface area contributed by atoms with Crippen LogP contribution in [0.3, 0.4) is 0 Å². The molecule has 0 radical (unpaired) electrons. The number of benzene rings is 1. The molecule has 4 amide bonds. The zero-order valence-electron chi connectivity index (χ0n) is 19.4. The molecule has 3 aliphatic heterocycles. The summed E-state index contributed by atoms with van der Waals surface area (Å²) in [4.78, 5) is 40.6. The molecule has 33 heavy (non-hydrogen) atoms. The summed E-state index contributed by atoms with van der Waals surface area (Å²) >= 11 is 0. The number of carbonyl (C=O) groups is 3. The Morgan fingerprint density at radius 2 is 1.85 bits per heavy atom. The fraction of sp³-hybridized carbons (Fsp3) is 0.625. The number of piperidine rings is 2. The number of nitrogens with zero attached hydrogens (tertiary/aromatic N) is 2. The van der Waals surface area contributed by atoms with Crippen molar-refractivity contribution in [2.75, 3.05) is 57.8 Å². The van der Waals surface area contributed by atoms with Crippen LogP contribution < -0.4 is 25.6 Å². The first-order valence-corrected chi connectivity index (χ1v) is 12.0. The summed E-state index contributed by atoms with van der Waals surface area (Å²) in [7, 11) is 1.52. The average molecular weight is 458 g/mol. The van der Waals surface area contributed by atoms with E-state index < -0.39 is 6.03 Å². The molecule has 3 aliphatic rings. The highest BCUT2D eigenvalue weighted by Crippen LogP contribution is 2.31. The molecule has 1 aromatic rings. The quantitative estimate of drug-likeness (QED) is 0.575. The highest BCUT2D eigenvalue weighted by Gasteiger charge is 2.28. The molecule has 0 saturated carbocycles. The average Bonchev–Trinajstić information content (AvgIpc) is 2.84. The lowest BCUT2D eigenvalue weighted by Gasteiger charge is -2.35. The lowest BCUT2D eigenvalue weighted by molar-refractivity contribution is -0.120. The first-order chi connectivity index (χ1) is 16.0. The van der Waals surface area contributed by atoms with Crippen molar-refractivity contribution >= 4 is 23.5 Å². The number of carbonyl (C=O) groups excluding carboxylic acids is 3. The summed E-state index contributed by atoms with van der Waals surface area (Å²) in [6, 6.07) is 4.54. The van der Waals surface area contributed by atoms with Crippen LogP contribution in [-0.2, 0) is 4.79 Å². The van der Waals surface area contributed by atoms with Gasteiger partial charge in [0.2, 0.25) is 5.91 Å². The number of likely N-dealkylation sites (tertiary alicyclic amines) is 1. The lowest BCUT2D eigenvalue weighted by Crippen LogP contribution is -2.49. The van der Waals surface area contributed by atoms with Gasteiger partial charge >= 0.3 is 6.03 Å². The molecule has 9 heteroatoms. The van der Waals surface area contributed by atoms with Gasteiger partial charge in [-0.25, -0.2) is 4.79 Å². The standard InChI is InChI=1S/C24H35N5O4/c1-33-21-3-2-19(14-20(21)29-13-8-22(30)27-24(29)32)23(31)26-15-17-6-11-28(12-7-17)16-18-4-9-25-10-5-18/h2-3,14,17-18,25H,4-13,15-16H2,1H3,(H,26,31)(H,27,30,32). The van der Waals surface area contributed by atoms with E-state index in [9.17, 15) is 14.4 Å². The summed E-state index contributed by atoms with van der Waals surface area (Å²) in [5.74, 6) is 1.31. The van der Waals surface area contributed by atoms with E-state index in [0.717, 1.165) is 44.9 Å². The van der Waals surface area contributed by atoms with Crippen molar-refractivity contribution in [2.45, 2.75) is 32.1 Å². The van der Waals surface area contributed by atoms with Gasteiger partial charge in [-0.15, -0.1) is 0 Å². The number of anilines is 1. The third-order valence-corrected chi connectivity index (χ3v) is 7.02. The third kappa shape index (κ3) is 6.03. The van der Waals surface area contributed by atoms with Gasteiger partial charge in [0.15, 0.2) is 0 Å². The van der Waals surface area contributed by atoms with Crippen LogP contribution in [0.25, 0.3) is 0 Å². The summed E-state index contributed by atoms with van der Waals surface area (Å²) < 4.78 is 5.38. The smallest absolute Gasteiger partial charge is 0.328 e. The Hall–Kier alpha value is -2.65. The normalized spacial score (nSPS) is 21.1. The number of nitrogens with one attached hydrogen (secondary N) is 3. The predicted molar refractivity (Wildman–Crippen MR) is 126 cm³/mol. The molecule has 180 valence electrons. The van der Waals surface area contributed by atoms with Gasteiger partial charge in [-0.2, -0.15) is 0 Å². The number of imide groups is 1. The maximum Gasteiger partial charge on any atom is 0.328 e. The minimum atomic E-state index is -0.502. The highest BCUT2D eigenvalue weighted by atomic mass is 16.5. The first kappa shape index (κ1) is 23.5. The molecule has 9 nitrogen and oxygen atoms in total. The minimum absolute atomic E-state index is 0.162. The van der Waals surface area contributed by atoms with E-state index in [1.165, 1.54) is 31.4 Å². The van der Waals surface area contributed by atoms with Crippen molar-refractivity contribution < 1.29 is 19.1 Å². The van der Waals surface area contributed by atoms with Crippen molar-refractivity contribution in [3.63, 3.8) is 0 Å². The Kier molecular flexibility index (Phi) is 7.82. The number of urea groups is 1. The van der Waals surface area contributed by atoms with Gasteiger partial charge in [-0.1, -0.05) is 0 Å². The van der Waals surface area contributed by atoms with Gasteiger partial charge in [0, 0.05) is 31.6 Å². The molecule has 0 atom stereocenters. The van der Waals surface area contributed by atoms with Gasteiger partial charge in [0.05, 0.1) is 12.8 Å². The molecular weight excluding hydrogens is 422 g/mol. The fourth-order valence-corrected chi connectivity index (χ4v) is 4.98. The van der Waals surface area contributed by atoms with E-state index in [-0.39, 0.29) is 24.8 Å². The topological polar surface area (TPSA) is 103 Å². The molecule has 0 aromatic heterocycles. The molecule has 0 spiro atoms. The molecule has 0 unspecified atom stereocenters. The molecule has 1 aromatic carbocycles. The van der Waals surface area contributed by atoms with Crippen LogP contribution >= 0.6 is 0 Å². The maximum absolute atomic E-state index is 12.8. The van der Waals surface area contributed by atoms with Crippen LogP contribution in [-0.4, -0.2) is 75.7 Å². The molecule has 3 N–H and O–H groups in total. The van der Waals surface area contributed by atoms with Gasteiger partial charge < -0.3 is 20.3 Å². The van der Waals surface area contributed by atoms with Crippen molar-refractivity contribution in [1.82, 2.24) is 20.9 Å². The number of amides is 4. The van der Waals surface area contributed by atoms with Crippen LogP contribution in [0.1, 0.15) is 42.5 Å². The third-order valence-electron chi connectivity index (χ3n) is 7.02. The fourth-order valence-electron chi connectivity index (χ4n) is 4.98. The van der Waals surface area contributed by atoms with E-state index in [1.807, 2.05) is 0 Å². The summed E-state index contributed by atoms with van der Waals surface area (Å²) in [5, 5.41) is 8.81. The van der Waals surface area contributed by atoms with Crippen molar-refractivity contribution in [1.29, 1.82) is 0 Å². The largest absolute Gasteiger partial charge is 0.495 e. The van der Waals surface area contributed by atoms with Crippen LogP contribution in [0.15, 0.2) is 18.2 Å². The van der Waals surface area contributed by atoms with E-state index in [2.05, 4.69) is 20.9 Å². The number of methoxy groups -OCH3 is 1. The first-order valence-electron chi connectivity index (χ1n) is 12.0. The number of hydrogen-bond acceptors (Lipinski definition) is 6. The second-order valence-corrected chi connectivity index (χ2v) is 9.29. The van der Waals surface area contributed by atoms with Crippen LogP contribution in [0.2, 0.25) is 0 Å². The zero-order valence-corrected chi connectivity index (χ0v) is 19.4. The second kappa shape index (κ2) is 11.0. The Morgan fingerprint density at radius 3 is 2.55 bits per heavy atom. The minimum Gasteiger partial charge on any atom is -0.495 e. The van der Waals surface area contributed by atoms with E-state index in [0.29, 0.717) is 29.5 Å². The SMILES string of the molecule is COc1ccc(C(=O)NCC2CCN(CC3CCNCC3)CC2)cc1N1CCC(=O)NC1=O. The summed E-state index contributed by atoms with van der Waals surface area (Å²) in [6.45, 7) is 6.58. The van der Waals surface area contributed by atoms with Crippen molar-refractivity contribution in [3.05, 3.63) is 23.8 Å². The zero-order chi connectivity index (χ0) is 23.2. The van der Waals surface area contributed by atoms with Crippen molar-refractivity contribution in [3.8, 4) is 5.75 Å². The second-order valence-electron chi connectivity index (χ2n) is 9.29. The van der Waals surface area contributed by atoms with Crippen LogP contribution in [0, 0.1) is 11.8 Å². The van der Waals surface area contributed by atoms with Crippen LogP contribution in [0.4, 0.5) is 10.5 Å². The van der Waals surface area contributed by atoms with Gasteiger partial charge in [-0.05, 0) is 81.9 Å². The highest BCUT2D eigenvalue weighted by molar-refractivity contribution is 6.07. The maximum atomic E-state index is 12.8. The monoisotopic (exact) mass is 457 g/mol. The number of hydrogen-bond donors (Lipinski definition) is 3. The van der Waals surface area contributed by atoms with Crippen molar-refractivity contribution in [2.24, 2.45) is 11.8 Å². The van der Waals surface area contributed by atoms with Gasteiger partial charge in [-0.3, -0.25) is 19.8 Å². The molecule has 3 heterocycles. The lowest BCUT2D eigenvalue weighted by atomic mass is 9.93. The molecule has 0 bridgehead atoms. The Bertz CT molecular complexity index is 862. The Morgan fingerprint density at radius 1 is 1.09 bits per heavy atom.